The van der Waals surface area contributed by atoms with Crippen LogP contribution in [0.1, 0.15) is 18.5 Å². The average molecular weight is 284 g/mol. The fourth-order valence-corrected chi connectivity index (χ4v) is 2.28. The predicted molar refractivity (Wildman–Crippen MR) is 70.3 cm³/mol. The van der Waals surface area contributed by atoms with E-state index in [4.69, 9.17) is 4.74 Å². The Kier molecular flexibility index (Phi) is 5.03. The van der Waals surface area contributed by atoms with Crippen LogP contribution < -0.4 is 5.32 Å². The Balaban J connectivity index is 1.90. The van der Waals surface area contributed by atoms with Gasteiger partial charge in [0.25, 0.3) is 6.43 Å². The summed E-state index contributed by atoms with van der Waals surface area (Å²) in [5, 5.41) is 3.19. The average Bonchev–Trinajstić information content (AvgIpc) is 2.71. The Morgan fingerprint density at radius 2 is 2.05 bits per heavy atom. The molecule has 1 fully saturated rings. The van der Waals surface area contributed by atoms with Crippen LogP contribution in [0.15, 0.2) is 30.3 Å². The standard InChI is InChI=1S/C14H18F2N2O2/c1-10-17-13(11-5-3-2-4-6-11)14(19)18(10)7-8-20-9-12(15)16/h2-6,10,12-13,17H,7-9H2,1H3. The zero-order valence-corrected chi connectivity index (χ0v) is 11.3. The van der Waals surface area contributed by atoms with E-state index < -0.39 is 13.0 Å². The van der Waals surface area contributed by atoms with Gasteiger partial charge in [-0.15, -0.1) is 0 Å². The van der Waals surface area contributed by atoms with Crippen molar-refractivity contribution in [3.05, 3.63) is 35.9 Å². The van der Waals surface area contributed by atoms with E-state index in [9.17, 15) is 13.6 Å². The highest BCUT2D eigenvalue weighted by molar-refractivity contribution is 5.85. The van der Waals surface area contributed by atoms with Gasteiger partial charge in [-0.05, 0) is 12.5 Å². The van der Waals surface area contributed by atoms with Crippen molar-refractivity contribution >= 4 is 5.91 Å². The highest BCUT2D eigenvalue weighted by Crippen LogP contribution is 2.23. The van der Waals surface area contributed by atoms with Gasteiger partial charge < -0.3 is 9.64 Å². The van der Waals surface area contributed by atoms with Crippen molar-refractivity contribution in [1.82, 2.24) is 10.2 Å². The second-order valence-corrected chi connectivity index (χ2v) is 4.68. The van der Waals surface area contributed by atoms with Gasteiger partial charge in [-0.2, -0.15) is 0 Å². The molecule has 1 N–H and O–H groups in total. The number of nitrogens with zero attached hydrogens (tertiary/aromatic N) is 1. The van der Waals surface area contributed by atoms with Crippen LogP contribution >= 0.6 is 0 Å². The first-order chi connectivity index (χ1) is 9.59. The van der Waals surface area contributed by atoms with E-state index in [1.54, 1.807) is 4.90 Å². The number of halogens is 2. The van der Waals surface area contributed by atoms with Crippen molar-refractivity contribution in [2.24, 2.45) is 0 Å². The highest BCUT2D eigenvalue weighted by atomic mass is 19.3. The van der Waals surface area contributed by atoms with Crippen LogP contribution in [-0.2, 0) is 9.53 Å². The molecule has 1 saturated heterocycles. The second kappa shape index (κ2) is 6.76. The minimum atomic E-state index is -2.48. The van der Waals surface area contributed by atoms with Crippen LogP contribution in [0.25, 0.3) is 0 Å². The molecule has 0 spiro atoms. The quantitative estimate of drug-likeness (QED) is 0.810. The first kappa shape index (κ1) is 14.9. The Hall–Kier alpha value is -1.53. The van der Waals surface area contributed by atoms with E-state index in [0.29, 0.717) is 6.54 Å². The van der Waals surface area contributed by atoms with Gasteiger partial charge >= 0.3 is 0 Å². The zero-order valence-electron chi connectivity index (χ0n) is 11.3. The Morgan fingerprint density at radius 3 is 2.70 bits per heavy atom. The molecule has 0 bridgehead atoms. The van der Waals surface area contributed by atoms with Gasteiger partial charge in [0.15, 0.2) is 0 Å². The lowest BCUT2D eigenvalue weighted by Gasteiger charge is -2.20. The van der Waals surface area contributed by atoms with Crippen LogP contribution in [-0.4, -0.2) is 43.2 Å². The van der Waals surface area contributed by atoms with Crippen LogP contribution in [0.3, 0.4) is 0 Å². The van der Waals surface area contributed by atoms with E-state index in [1.165, 1.54) is 0 Å². The third kappa shape index (κ3) is 3.52. The molecule has 1 aliphatic heterocycles. The van der Waals surface area contributed by atoms with E-state index in [1.807, 2.05) is 37.3 Å². The van der Waals surface area contributed by atoms with E-state index >= 15 is 0 Å². The van der Waals surface area contributed by atoms with Gasteiger partial charge in [-0.25, -0.2) is 8.78 Å². The zero-order chi connectivity index (χ0) is 14.5. The smallest absolute Gasteiger partial charge is 0.261 e. The van der Waals surface area contributed by atoms with Crippen LogP contribution in [0.5, 0.6) is 0 Å². The summed E-state index contributed by atoms with van der Waals surface area (Å²) in [6.07, 6.45) is -2.61. The summed E-state index contributed by atoms with van der Waals surface area (Å²) < 4.78 is 28.7. The van der Waals surface area contributed by atoms with Crippen molar-refractivity contribution in [1.29, 1.82) is 0 Å². The number of carbonyl (C=O) groups is 1. The molecule has 1 aromatic carbocycles. The summed E-state index contributed by atoms with van der Waals surface area (Å²) in [6, 6.07) is 9.05. The molecule has 4 nitrogen and oxygen atoms in total. The maximum Gasteiger partial charge on any atom is 0.261 e. The van der Waals surface area contributed by atoms with Crippen molar-refractivity contribution < 1.29 is 18.3 Å². The van der Waals surface area contributed by atoms with Crippen LogP contribution in [0.2, 0.25) is 0 Å². The molecule has 1 heterocycles. The summed E-state index contributed by atoms with van der Waals surface area (Å²) in [5.41, 5.74) is 0.903. The van der Waals surface area contributed by atoms with E-state index in [2.05, 4.69) is 5.32 Å². The van der Waals surface area contributed by atoms with Gasteiger partial charge in [-0.1, -0.05) is 30.3 Å². The van der Waals surface area contributed by atoms with E-state index in [0.717, 1.165) is 5.56 Å². The summed E-state index contributed by atoms with van der Waals surface area (Å²) >= 11 is 0. The molecular weight excluding hydrogens is 266 g/mol. The van der Waals surface area contributed by atoms with Crippen molar-refractivity contribution in [2.75, 3.05) is 19.8 Å². The Bertz CT molecular complexity index is 442. The summed E-state index contributed by atoms with van der Waals surface area (Å²) in [5.74, 6) is -0.0515. The summed E-state index contributed by atoms with van der Waals surface area (Å²) in [7, 11) is 0. The maximum atomic E-state index is 12.3. The number of benzene rings is 1. The molecule has 1 amide bonds. The number of nitrogens with one attached hydrogen (secondary N) is 1. The second-order valence-electron chi connectivity index (χ2n) is 4.68. The Labute approximate surface area is 116 Å². The topological polar surface area (TPSA) is 41.6 Å². The Morgan fingerprint density at radius 1 is 1.35 bits per heavy atom. The van der Waals surface area contributed by atoms with Gasteiger partial charge in [0, 0.05) is 6.54 Å². The third-order valence-corrected chi connectivity index (χ3v) is 3.26. The van der Waals surface area contributed by atoms with Gasteiger partial charge in [-0.3, -0.25) is 10.1 Å². The SMILES string of the molecule is CC1NC(c2ccccc2)C(=O)N1CCOCC(F)F. The first-order valence-electron chi connectivity index (χ1n) is 6.57. The lowest BCUT2D eigenvalue weighted by molar-refractivity contribution is -0.130. The fourth-order valence-electron chi connectivity index (χ4n) is 2.28. The highest BCUT2D eigenvalue weighted by Gasteiger charge is 2.36. The molecule has 1 aliphatic rings. The van der Waals surface area contributed by atoms with Crippen molar-refractivity contribution in [2.45, 2.75) is 25.6 Å². The molecule has 6 heteroatoms. The molecule has 1 aromatic rings. The third-order valence-electron chi connectivity index (χ3n) is 3.26. The van der Waals surface area contributed by atoms with Gasteiger partial charge in [0.2, 0.25) is 5.91 Å². The summed E-state index contributed by atoms with van der Waals surface area (Å²) in [6.45, 7) is 1.70. The molecule has 2 rings (SSSR count). The van der Waals surface area contributed by atoms with Gasteiger partial charge in [0.05, 0.1) is 12.8 Å². The number of rotatable bonds is 6. The predicted octanol–water partition coefficient (Wildman–Crippen LogP) is 1.79. The first-order valence-corrected chi connectivity index (χ1v) is 6.57. The largest absolute Gasteiger partial charge is 0.374 e. The molecule has 110 valence electrons. The molecule has 0 aromatic heterocycles. The number of hydrogen-bond donors (Lipinski definition) is 1. The van der Waals surface area contributed by atoms with E-state index in [-0.39, 0.29) is 24.7 Å². The molecule has 0 radical (unpaired) electrons. The lowest BCUT2D eigenvalue weighted by atomic mass is 10.1. The monoisotopic (exact) mass is 284 g/mol. The molecule has 2 atom stereocenters. The molecule has 2 unspecified atom stereocenters. The summed E-state index contributed by atoms with van der Waals surface area (Å²) in [4.78, 5) is 13.9. The number of ether oxygens (including phenoxy) is 1. The fraction of sp³-hybridized carbons (Fsp3) is 0.500. The van der Waals surface area contributed by atoms with Gasteiger partial charge in [0.1, 0.15) is 12.6 Å². The number of hydrogen-bond acceptors (Lipinski definition) is 3. The lowest BCUT2D eigenvalue weighted by Crippen LogP contribution is -2.37. The minimum Gasteiger partial charge on any atom is -0.374 e. The molecule has 0 saturated carbocycles. The maximum absolute atomic E-state index is 12.3. The molecule has 20 heavy (non-hydrogen) atoms. The number of carbonyl (C=O) groups excluding carboxylic acids is 1. The minimum absolute atomic E-state index is 0.0515. The normalized spacial score (nSPS) is 22.8. The van der Waals surface area contributed by atoms with Crippen molar-refractivity contribution in [3.8, 4) is 0 Å². The molecule has 0 aliphatic carbocycles. The van der Waals surface area contributed by atoms with Crippen LogP contribution in [0, 0.1) is 0 Å². The number of alkyl halides is 2. The number of amides is 1. The van der Waals surface area contributed by atoms with Crippen molar-refractivity contribution in [3.63, 3.8) is 0 Å². The van der Waals surface area contributed by atoms with Crippen LogP contribution in [0.4, 0.5) is 8.78 Å². The molecular formula is C14H18F2N2O2.